The fourth-order valence-corrected chi connectivity index (χ4v) is 2.68. The van der Waals surface area contributed by atoms with Crippen molar-refractivity contribution < 1.29 is 4.79 Å². The first-order chi connectivity index (χ1) is 12.2. The first-order valence-electron chi connectivity index (χ1n) is 8.89. The monoisotopic (exact) mass is 342 g/mol. The zero-order valence-electron chi connectivity index (χ0n) is 14.9. The van der Waals surface area contributed by atoms with Crippen molar-refractivity contribution in [1.29, 1.82) is 0 Å². The lowest BCUT2D eigenvalue weighted by atomic mass is 10.3. The van der Waals surface area contributed by atoms with Gasteiger partial charge in [0, 0.05) is 32.6 Å². The van der Waals surface area contributed by atoms with Gasteiger partial charge in [-0.3, -0.25) is 4.79 Å². The number of imidazole rings is 1. The fourth-order valence-electron chi connectivity index (χ4n) is 2.68. The van der Waals surface area contributed by atoms with E-state index in [0.717, 1.165) is 42.2 Å². The Morgan fingerprint density at radius 2 is 2.00 bits per heavy atom. The van der Waals surface area contributed by atoms with Gasteiger partial charge in [0.25, 0.3) is 0 Å². The maximum absolute atomic E-state index is 11.6. The summed E-state index contributed by atoms with van der Waals surface area (Å²) < 4.78 is 2.07. The molecule has 0 spiro atoms. The van der Waals surface area contributed by atoms with E-state index in [1.807, 2.05) is 32.2 Å². The Kier molecular flexibility index (Phi) is 5.53. The molecule has 25 heavy (non-hydrogen) atoms. The molecule has 3 rings (SSSR count). The van der Waals surface area contributed by atoms with E-state index in [1.54, 1.807) is 0 Å². The van der Waals surface area contributed by atoms with Gasteiger partial charge < -0.3 is 20.5 Å². The molecule has 0 bridgehead atoms. The van der Waals surface area contributed by atoms with Crippen LogP contribution in [0.15, 0.2) is 29.3 Å². The molecular weight excluding hydrogens is 316 g/mol. The second-order valence-electron chi connectivity index (χ2n) is 6.26. The molecule has 1 saturated carbocycles. The number of para-hydroxylation sites is 2. The normalized spacial score (nSPS) is 14.6. The van der Waals surface area contributed by atoms with Gasteiger partial charge in [0.15, 0.2) is 5.96 Å². The van der Waals surface area contributed by atoms with Crippen LogP contribution < -0.4 is 16.0 Å². The molecule has 2 aromatic rings. The molecular formula is C18H26N6O. The van der Waals surface area contributed by atoms with Gasteiger partial charge in [0.2, 0.25) is 5.91 Å². The molecule has 1 aromatic heterocycles. The van der Waals surface area contributed by atoms with Crippen molar-refractivity contribution in [3.05, 3.63) is 30.1 Å². The standard InChI is InChI=1S/C18H26N6O/c1-3-19-18(21-11-10-20-17(25)13-8-9-13)22-12-16-23-14-6-4-5-7-15(14)24(16)2/h4-7,13H,3,8-12H2,1-2H3,(H,20,25)(H2,19,21,22). The predicted molar refractivity (Wildman–Crippen MR) is 99.3 cm³/mol. The average molecular weight is 342 g/mol. The zero-order valence-corrected chi connectivity index (χ0v) is 14.9. The lowest BCUT2D eigenvalue weighted by Crippen LogP contribution is -2.41. The average Bonchev–Trinajstić information content (AvgIpc) is 3.42. The molecule has 134 valence electrons. The van der Waals surface area contributed by atoms with Gasteiger partial charge in [-0.15, -0.1) is 0 Å². The van der Waals surface area contributed by atoms with E-state index in [4.69, 9.17) is 0 Å². The Balaban J connectivity index is 1.55. The number of nitrogens with zero attached hydrogens (tertiary/aromatic N) is 3. The Morgan fingerprint density at radius 3 is 2.72 bits per heavy atom. The van der Waals surface area contributed by atoms with Gasteiger partial charge in [-0.1, -0.05) is 12.1 Å². The summed E-state index contributed by atoms with van der Waals surface area (Å²) >= 11 is 0. The number of aryl methyl sites for hydroxylation is 1. The molecule has 1 heterocycles. The lowest BCUT2D eigenvalue weighted by molar-refractivity contribution is -0.122. The van der Waals surface area contributed by atoms with E-state index in [-0.39, 0.29) is 11.8 Å². The third-order valence-corrected chi connectivity index (χ3v) is 4.27. The first kappa shape index (κ1) is 17.3. The van der Waals surface area contributed by atoms with Crippen LogP contribution in [0.2, 0.25) is 0 Å². The third-order valence-electron chi connectivity index (χ3n) is 4.27. The number of amides is 1. The van der Waals surface area contributed by atoms with E-state index < -0.39 is 0 Å². The highest BCUT2D eigenvalue weighted by Crippen LogP contribution is 2.28. The van der Waals surface area contributed by atoms with Crippen molar-refractivity contribution in [2.45, 2.75) is 26.3 Å². The molecule has 0 radical (unpaired) electrons. The number of hydrogen-bond acceptors (Lipinski definition) is 3. The topological polar surface area (TPSA) is 83.3 Å². The van der Waals surface area contributed by atoms with E-state index in [2.05, 4.69) is 36.6 Å². The predicted octanol–water partition coefficient (Wildman–Crippen LogP) is 1.15. The minimum absolute atomic E-state index is 0.170. The number of fused-ring (bicyclic) bond motifs is 1. The molecule has 1 aliphatic rings. The number of hydrogen-bond donors (Lipinski definition) is 3. The molecule has 1 aliphatic carbocycles. The number of carbonyl (C=O) groups is 1. The van der Waals surface area contributed by atoms with Crippen molar-refractivity contribution in [3.63, 3.8) is 0 Å². The molecule has 1 aromatic carbocycles. The summed E-state index contributed by atoms with van der Waals surface area (Å²) in [5.41, 5.74) is 2.09. The van der Waals surface area contributed by atoms with Gasteiger partial charge >= 0.3 is 0 Å². The zero-order chi connectivity index (χ0) is 17.6. The summed E-state index contributed by atoms with van der Waals surface area (Å²) in [7, 11) is 2.01. The lowest BCUT2D eigenvalue weighted by Gasteiger charge is -2.11. The Hall–Kier alpha value is -2.57. The Labute approximate surface area is 147 Å². The summed E-state index contributed by atoms with van der Waals surface area (Å²) in [5.74, 6) is 2.07. The number of aromatic nitrogens is 2. The van der Waals surface area contributed by atoms with E-state index in [9.17, 15) is 4.79 Å². The number of carbonyl (C=O) groups excluding carboxylic acids is 1. The van der Waals surface area contributed by atoms with Crippen molar-refractivity contribution in [2.24, 2.45) is 18.0 Å². The highest BCUT2D eigenvalue weighted by molar-refractivity contribution is 5.81. The third kappa shape index (κ3) is 4.49. The van der Waals surface area contributed by atoms with Crippen LogP contribution in [0.25, 0.3) is 11.0 Å². The summed E-state index contributed by atoms with van der Waals surface area (Å²) in [5, 5.41) is 9.41. The second kappa shape index (κ2) is 8.00. The Morgan fingerprint density at radius 1 is 1.24 bits per heavy atom. The SMILES string of the molecule is CCNC(=NCc1nc2ccccc2n1C)NCCNC(=O)C1CC1. The smallest absolute Gasteiger partial charge is 0.223 e. The summed E-state index contributed by atoms with van der Waals surface area (Å²) in [6.07, 6.45) is 2.06. The molecule has 3 N–H and O–H groups in total. The number of nitrogens with one attached hydrogen (secondary N) is 3. The van der Waals surface area contributed by atoms with Crippen LogP contribution >= 0.6 is 0 Å². The van der Waals surface area contributed by atoms with Crippen LogP contribution in [-0.2, 0) is 18.4 Å². The molecule has 7 nitrogen and oxygen atoms in total. The van der Waals surface area contributed by atoms with Gasteiger partial charge in [0.05, 0.1) is 11.0 Å². The van der Waals surface area contributed by atoms with Crippen molar-refractivity contribution in [2.75, 3.05) is 19.6 Å². The number of aliphatic imine (C=N–C) groups is 1. The first-order valence-corrected chi connectivity index (χ1v) is 8.89. The second-order valence-corrected chi connectivity index (χ2v) is 6.26. The summed E-state index contributed by atoms with van der Waals surface area (Å²) in [6, 6.07) is 8.07. The number of guanidine groups is 1. The van der Waals surface area contributed by atoms with Gasteiger partial charge in [-0.05, 0) is 31.9 Å². The van der Waals surface area contributed by atoms with Crippen LogP contribution in [0.5, 0.6) is 0 Å². The molecule has 7 heteroatoms. The van der Waals surface area contributed by atoms with Gasteiger partial charge in [-0.25, -0.2) is 9.98 Å². The number of rotatable bonds is 7. The minimum atomic E-state index is 0.170. The van der Waals surface area contributed by atoms with Crippen molar-refractivity contribution in [3.8, 4) is 0 Å². The van der Waals surface area contributed by atoms with Crippen LogP contribution in [0, 0.1) is 5.92 Å². The molecule has 0 atom stereocenters. The maximum atomic E-state index is 11.6. The van der Waals surface area contributed by atoms with Crippen LogP contribution in [0.1, 0.15) is 25.6 Å². The molecule has 1 fully saturated rings. The number of benzene rings is 1. The molecule has 0 aliphatic heterocycles. The minimum Gasteiger partial charge on any atom is -0.357 e. The molecule has 1 amide bonds. The van der Waals surface area contributed by atoms with Gasteiger partial charge in [-0.2, -0.15) is 0 Å². The van der Waals surface area contributed by atoms with E-state index in [1.165, 1.54) is 0 Å². The Bertz CT molecular complexity index is 762. The highest BCUT2D eigenvalue weighted by Gasteiger charge is 2.28. The maximum Gasteiger partial charge on any atom is 0.223 e. The van der Waals surface area contributed by atoms with Crippen molar-refractivity contribution >= 4 is 22.9 Å². The van der Waals surface area contributed by atoms with Crippen LogP contribution in [0.3, 0.4) is 0 Å². The molecule has 0 unspecified atom stereocenters. The van der Waals surface area contributed by atoms with E-state index >= 15 is 0 Å². The van der Waals surface area contributed by atoms with Crippen LogP contribution in [0.4, 0.5) is 0 Å². The molecule has 0 saturated heterocycles. The fraction of sp³-hybridized carbons (Fsp3) is 0.500. The quantitative estimate of drug-likeness (QED) is 0.400. The van der Waals surface area contributed by atoms with Crippen LogP contribution in [-0.4, -0.2) is 41.1 Å². The summed E-state index contributed by atoms with van der Waals surface area (Å²) in [4.78, 5) is 20.8. The summed E-state index contributed by atoms with van der Waals surface area (Å²) in [6.45, 7) is 4.55. The van der Waals surface area contributed by atoms with Crippen molar-refractivity contribution in [1.82, 2.24) is 25.5 Å². The largest absolute Gasteiger partial charge is 0.357 e. The van der Waals surface area contributed by atoms with E-state index in [0.29, 0.717) is 19.6 Å². The highest BCUT2D eigenvalue weighted by atomic mass is 16.2. The van der Waals surface area contributed by atoms with Gasteiger partial charge in [0.1, 0.15) is 12.4 Å².